The van der Waals surface area contributed by atoms with Gasteiger partial charge in [0, 0.05) is 11.3 Å². The number of aromatic nitrogens is 1. The lowest BCUT2D eigenvalue weighted by atomic mass is 10.1. The fraction of sp³-hybridized carbons (Fsp3) is 0.261. The maximum absolute atomic E-state index is 12.6. The van der Waals surface area contributed by atoms with Gasteiger partial charge in [0.2, 0.25) is 5.91 Å². The molecule has 0 aliphatic carbocycles. The third-order valence-electron chi connectivity index (χ3n) is 4.77. The first-order chi connectivity index (χ1) is 13.9. The molecule has 2 N–H and O–H groups in total. The second-order valence-electron chi connectivity index (χ2n) is 6.98. The number of amides is 2. The number of carbonyl (C=O) groups is 2. The molecule has 0 unspecified atom stereocenters. The van der Waals surface area contributed by atoms with E-state index in [1.165, 1.54) is 16.9 Å². The Labute approximate surface area is 175 Å². The molecular weight excluding hydrogens is 382 g/mol. The van der Waals surface area contributed by atoms with Crippen molar-refractivity contribution >= 4 is 28.8 Å². The highest BCUT2D eigenvalue weighted by molar-refractivity contribution is 7.17. The number of anilines is 1. The second-order valence-corrected chi connectivity index (χ2v) is 7.98. The summed E-state index contributed by atoms with van der Waals surface area (Å²) in [5, 5.41) is 6.38. The van der Waals surface area contributed by atoms with Gasteiger partial charge in [-0.25, -0.2) is 4.98 Å². The number of benzene rings is 2. The number of carbonyl (C=O) groups excluding carboxylic acids is 2. The highest BCUT2D eigenvalue weighted by Crippen LogP contribution is 2.28. The van der Waals surface area contributed by atoms with Crippen molar-refractivity contribution in [3.8, 4) is 10.6 Å². The SMILES string of the molecule is CCc1ccc(-c2nc(C)c(C(=O)NCC(=O)Nc3c(C)cccc3C)s2)cc1. The van der Waals surface area contributed by atoms with Gasteiger partial charge in [0.1, 0.15) is 9.88 Å². The zero-order valence-electron chi connectivity index (χ0n) is 17.1. The largest absolute Gasteiger partial charge is 0.342 e. The maximum Gasteiger partial charge on any atom is 0.263 e. The van der Waals surface area contributed by atoms with Crippen LogP contribution in [0, 0.1) is 20.8 Å². The molecule has 0 aliphatic rings. The first kappa shape index (κ1) is 20.7. The smallest absolute Gasteiger partial charge is 0.263 e. The van der Waals surface area contributed by atoms with Gasteiger partial charge in [0.25, 0.3) is 5.91 Å². The Balaban J connectivity index is 1.65. The number of hydrogen-bond acceptors (Lipinski definition) is 4. The lowest BCUT2D eigenvalue weighted by molar-refractivity contribution is -0.115. The summed E-state index contributed by atoms with van der Waals surface area (Å²) in [4.78, 5) is 29.9. The molecule has 2 aromatic carbocycles. The van der Waals surface area contributed by atoms with E-state index in [4.69, 9.17) is 0 Å². The van der Waals surface area contributed by atoms with Crippen molar-refractivity contribution in [3.05, 3.63) is 69.7 Å². The average molecular weight is 408 g/mol. The minimum Gasteiger partial charge on any atom is -0.342 e. The number of thiazole rings is 1. The molecule has 0 fully saturated rings. The predicted octanol–water partition coefficient (Wildman–Crippen LogP) is 4.67. The van der Waals surface area contributed by atoms with Crippen LogP contribution in [0.5, 0.6) is 0 Å². The molecule has 0 spiro atoms. The Hall–Kier alpha value is -2.99. The fourth-order valence-corrected chi connectivity index (χ4v) is 4.04. The number of nitrogens with one attached hydrogen (secondary N) is 2. The third kappa shape index (κ3) is 4.90. The highest BCUT2D eigenvalue weighted by Gasteiger charge is 2.17. The molecule has 1 heterocycles. The van der Waals surface area contributed by atoms with Crippen molar-refractivity contribution in [2.75, 3.05) is 11.9 Å². The van der Waals surface area contributed by atoms with Gasteiger partial charge in [-0.3, -0.25) is 9.59 Å². The van der Waals surface area contributed by atoms with Crippen LogP contribution in [-0.2, 0) is 11.2 Å². The van der Waals surface area contributed by atoms with E-state index in [0.29, 0.717) is 10.6 Å². The zero-order chi connectivity index (χ0) is 21.0. The number of aryl methyl sites for hydroxylation is 4. The molecule has 3 aromatic rings. The Morgan fingerprint density at radius 2 is 1.66 bits per heavy atom. The van der Waals surface area contributed by atoms with Crippen LogP contribution in [0.2, 0.25) is 0 Å². The molecule has 0 saturated carbocycles. The summed E-state index contributed by atoms with van der Waals surface area (Å²) in [7, 11) is 0. The topological polar surface area (TPSA) is 71.1 Å². The van der Waals surface area contributed by atoms with Crippen molar-refractivity contribution in [3.63, 3.8) is 0 Å². The maximum atomic E-state index is 12.6. The Kier molecular flexibility index (Phi) is 6.44. The van der Waals surface area contributed by atoms with Crippen LogP contribution in [0.3, 0.4) is 0 Å². The zero-order valence-corrected chi connectivity index (χ0v) is 17.9. The molecule has 0 atom stereocenters. The molecule has 0 bridgehead atoms. The molecule has 0 radical (unpaired) electrons. The van der Waals surface area contributed by atoms with Crippen molar-refractivity contribution in [2.24, 2.45) is 0 Å². The number of hydrogen-bond donors (Lipinski definition) is 2. The lowest BCUT2D eigenvalue weighted by Crippen LogP contribution is -2.33. The monoisotopic (exact) mass is 407 g/mol. The van der Waals surface area contributed by atoms with E-state index in [0.717, 1.165) is 33.8 Å². The summed E-state index contributed by atoms with van der Waals surface area (Å²) in [5.41, 5.74) is 5.68. The third-order valence-corrected chi connectivity index (χ3v) is 5.97. The van der Waals surface area contributed by atoms with Crippen LogP contribution in [0.25, 0.3) is 10.6 Å². The van der Waals surface area contributed by atoms with Crippen LogP contribution in [-0.4, -0.2) is 23.3 Å². The first-order valence-electron chi connectivity index (χ1n) is 9.60. The molecule has 150 valence electrons. The molecule has 1 aromatic heterocycles. The van der Waals surface area contributed by atoms with Gasteiger partial charge in [-0.05, 0) is 43.9 Å². The Morgan fingerprint density at radius 1 is 1.00 bits per heavy atom. The summed E-state index contributed by atoms with van der Waals surface area (Å²) in [5.74, 6) is -0.540. The Morgan fingerprint density at radius 3 is 2.28 bits per heavy atom. The normalized spacial score (nSPS) is 10.6. The van der Waals surface area contributed by atoms with Crippen molar-refractivity contribution in [1.82, 2.24) is 10.3 Å². The van der Waals surface area contributed by atoms with E-state index in [9.17, 15) is 9.59 Å². The van der Waals surface area contributed by atoms with E-state index < -0.39 is 0 Å². The van der Waals surface area contributed by atoms with Gasteiger partial charge in [-0.2, -0.15) is 0 Å². The molecule has 6 heteroatoms. The summed E-state index contributed by atoms with van der Waals surface area (Å²) in [6.07, 6.45) is 0.981. The molecule has 2 amide bonds. The summed E-state index contributed by atoms with van der Waals surface area (Å²) < 4.78 is 0. The van der Waals surface area contributed by atoms with Gasteiger partial charge in [-0.15, -0.1) is 11.3 Å². The van der Waals surface area contributed by atoms with Crippen molar-refractivity contribution in [1.29, 1.82) is 0 Å². The number of nitrogens with zero attached hydrogens (tertiary/aromatic N) is 1. The second kappa shape index (κ2) is 9.01. The van der Waals surface area contributed by atoms with Crippen molar-refractivity contribution < 1.29 is 9.59 Å². The van der Waals surface area contributed by atoms with Crippen LogP contribution in [0.4, 0.5) is 5.69 Å². The molecule has 0 aliphatic heterocycles. The van der Waals surface area contributed by atoms with E-state index in [1.54, 1.807) is 0 Å². The van der Waals surface area contributed by atoms with Crippen LogP contribution in [0.15, 0.2) is 42.5 Å². The van der Waals surface area contributed by atoms with E-state index in [2.05, 4.69) is 34.7 Å². The minimum atomic E-state index is -0.284. The first-order valence-corrected chi connectivity index (χ1v) is 10.4. The Bertz CT molecular complexity index is 1020. The van der Waals surface area contributed by atoms with Crippen LogP contribution < -0.4 is 10.6 Å². The summed E-state index contributed by atoms with van der Waals surface area (Å²) >= 11 is 1.34. The van der Waals surface area contributed by atoms with Crippen LogP contribution >= 0.6 is 11.3 Å². The molecule has 3 rings (SSSR count). The van der Waals surface area contributed by atoms with Gasteiger partial charge >= 0.3 is 0 Å². The highest BCUT2D eigenvalue weighted by atomic mass is 32.1. The van der Waals surface area contributed by atoms with Crippen molar-refractivity contribution in [2.45, 2.75) is 34.1 Å². The van der Waals surface area contributed by atoms with E-state index in [-0.39, 0.29) is 18.4 Å². The predicted molar refractivity (Wildman–Crippen MR) is 119 cm³/mol. The van der Waals surface area contributed by atoms with Gasteiger partial charge < -0.3 is 10.6 Å². The minimum absolute atomic E-state index is 0.0928. The number of rotatable bonds is 6. The molecule has 0 saturated heterocycles. The van der Waals surface area contributed by atoms with Crippen LogP contribution in [0.1, 0.15) is 39.0 Å². The quantitative estimate of drug-likeness (QED) is 0.624. The standard InChI is InChI=1S/C23H25N3O2S/c1-5-17-9-11-18(12-10-17)23-25-16(4)21(29-23)22(28)24-13-19(27)26-20-14(2)7-6-8-15(20)3/h6-12H,5,13H2,1-4H3,(H,24,28)(H,26,27). The summed E-state index contributed by atoms with van der Waals surface area (Å²) in [6.45, 7) is 7.71. The number of para-hydroxylation sites is 1. The van der Waals surface area contributed by atoms with Gasteiger partial charge in [0.05, 0.1) is 12.2 Å². The van der Waals surface area contributed by atoms with Gasteiger partial charge in [0.15, 0.2) is 0 Å². The van der Waals surface area contributed by atoms with Gasteiger partial charge in [-0.1, -0.05) is 49.4 Å². The lowest BCUT2D eigenvalue weighted by Gasteiger charge is -2.11. The molecule has 29 heavy (non-hydrogen) atoms. The molecule has 5 nitrogen and oxygen atoms in total. The van der Waals surface area contributed by atoms with E-state index in [1.807, 2.05) is 51.1 Å². The molecular formula is C23H25N3O2S. The average Bonchev–Trinajstić information content (AvgIpc) is 3.11. The summed E-state index contributed by atoms with van der Waals surface area (Å²) in [6, 6.07) is 14.0. The fourth-order valence-electron chi connectivity index (χ4n) is 3.05. The van der Waals surface area contributed by atoms with E-state index >= 15 is 0 Å².